The van der Waals surface area contributed by atoms with E-state index in [1.807, 2.05) is 7.05 Å². The lowest BCUT2D eigenvalue weighted by molar-refractivity contribution is 0.202. The number of piperidine rings is 1. The fourth-order valence-corrected chi connectivity index (χ4v) is 4.26. The lowest BCUT2D eigenvalue weighted by atomic mass is 9.75. The first kappa shape index (κ1) is 14.2. The molecule has 1 aliphatic heterocycles. The predicted octanol–water partition coefficient (Wildman–Crippen LogP) is 4.08. The van der Waals surface area contributed by atoms with Crippen molar-refractivity contribution in [1.82, 2.24) is 5.32 Å². The minimum atomic E-state index is 0.880. The summed E-state index contributed by atoms with van der Waals surface area (Å²) in [6.45, 7) is 3.26. The smallest absolute Gasteiger partial charge is 0.0642 e. The molecule has 2 nitrogen and oxygen atoms in total. The van der Waals surface area contributed by atoms with Gasteiger partial charge >= 0.3 is 0 Å². The van der Waals surface area contributed by atoms with E-state index in [0.29, 0.717) is 0 Å². The van der Waals surface area contributed by atoms with Crippen molar-refractivity contribution in [3.05, 3.63) is 28.8 Å². The van der Waals surface area contributed by atoms with E-state index in [0.717, 1.165) is 23.4 Å². The highest BCUT2D eigenvalue weighted by Crippen LogP contribution is 2.39. The molecule has 2 atom stereocenters. The van der Waals surface area contributed by atoms with Gasteiger partial charge in [-0.05, 0) is 49.4 Å². The van der Waals surface area contributed by atoms with Crippen LogP contribution in [0.5, 0.6) is 0 Å². The zero-order valence-corrected chi connectivity index (χ0v) is 13.1. The van der Waals surface area contributed by atoms with Gasteiger partial charge < -0.3 is 10.2 Å². The van der Waals surface area contributed by atoms with Crippen LogP contribution < -0.4 is 10.2 Å². The van der Waals surface area contributed by atoms with Gasteiger partial charge in [-0.2, -0.15) is 0 Å². The van der Waals surface area contributed by atoms with Crippen LogP contribution in [0.25, 0.3) is 0 Å². The Morgan fingerprint density at radius 2 is 2.00 bits per heavy atom. The van der Waals surface area contributed by atoms with Crippen LogP contribution in [0.15, 0.2) is 18.2 Å². The molecule has 0 bridgehead atoms. The molecule has 2 unspecified atom stereocenters. The molecule has 110 valence electrons. The first-order chi connectivity index (χ1) is 9.78. The SMILES string of the molecule is CNCc1ccc(N2CCC3CCCCC3C2)c(Cl)c1. The summed E-state index contributed by atoms with van der Waals surface area (Å²) in [6.07, 6.45) is 7.08. The van der Waals surface area contributed by atoms with Crippen molar-refractivity contribution >= 4 is 17.3 Å². The van der Waals surface area contributed by atoms with E-state index in [1.165, 1.54) is 56.4 Å². The van der Waals surface area contributed by atoms with Crippen LogP contribution >= 0.6 is 11.6 Å². The summed E-state index contributed by atoms with van der Waals surface area (Å²) in [4.78, 5) is 2.51. The molecule has 20 heavy (non-hydrogen) atoms. The van der Waals surface area contributed by atoms with Gasteiger partial charge in [-0.3, -0.25) is 0 Å². The predicted molar refractivity (Wildman–Crippen MR) is 86.5 cm³/mol. The zero-order chi connectivity index (χ0) is 13.9. The Morgan fingerprint density at radius 1 is 1.20 bits per heavy atom. The first-order valence-electron chi connectivity index (χ1n) is 7.96. The van der Waals surface area contributed by atoms with Crippen molar-refractivity contribution in [3.63, 3.8) is 0 Å². The maximum atomic E-state index is 6.50. The Hall–Kier alpha value is -0.730. The van der Waals surface area contributed by atoms with Gasteiger partial charge in [-0.15, -0.1) is 0 Å². The number of hydrogen-bond donors (Lipinski definition) is 1. The van der Waals surface area contributed by atoms with Gasteiger partial charge in [0.1, 0.15) is 0 Å². The zero-order valence-electron chi connectivity index (χ0n) is 12.4. The number of hydrogen-bond acceptors (Lipinski definition) is 2. The van der Waals surface area contributed by atoms with Crippen LogP contribution in [0.4, 0.5) is 5.69 Å². The summed E-state index contributed by atoms with van der Waals surface area (Å²) in [5.41, 5.74) is 2.49. The van der Waals surface area contributed by atoms with Gasteiger partial charge in [-0.25, -0.2) is 0 Å². The first-order valence-corrected chi connectivity index (χ1v) is 8.33. The molecule has 1 saturated heterocycles. The van der Waals surface area contributed by atoms with Crippen LogP contribution in [-0.4, -0.2) is 20.1 Å². The highest BCUT2D eigenvalue weighted by atomic mass is 35.5. The molecule has 0 amide bonds. The summed E-state index contributed by atoms with van der Waals surface area (Å²) < 4.78 is 0. The molecule has 1 heterocycles. The molecule has 0 radical (unpaired) electrons. The number of fused-ring (bicyclic) bond motifs is 1. The molecule has 1 aliphatic carbocycles. The van der Waals surface area contributed by atoms with Crippen LogP contribution in [0.3, 0.4) is 0 Å². The van der Waals surface area contributed by atoms with Crippen molar-refractivity contribution in [3.8, 4) is 0 Å². The van der Waals surface area contributed by atoms with Crippen LogP contribution in [0.1, 0.15) is 37.7 Å². The number of halogens is 1. The van der Waals surface area contributed by atoms with Crippen molar-refractivity contribution in [1.29, 1.82) is 0 Å². The maximum Gasteiger partial charge on any atom is 0.0642 e. The molecule has 0 aromatic heterocycles. The molecular formula is C17H25ClN2. The molecule has 2 aliphatic rings. The summed E-state index contributed by atoms with van der Waals surface area (Å²) in [5.74, 6) is 1.87. The van der Waals surface area contributed by atoms with E-state index in [-0.39, 0.29) is 0 Å². The molecule has 0 spiro atoms. The van der Waals surface area contributed by atoms with Crippen LogP contribution in [-0.2, 0) is 6.54 Å². The number of anilines is 1. The van der Waals surface area contributed by atoms with E-state index in [4.69, 9.17) is 11.6 Å². The Kier molecular flexibility index (Phi) is 4.52. The maximum absolute atomic E-state index is 6.50. The molecule has 3 heteroatoms. The van der Waals surface area contributed by atoms with Gasteiger partial charge in [0.25, 0.3) is 0 Å². The number of benzene rings is 1. The third-order valence-corrected chi connectivity index (χ3v) is 5.33. The molecule has 1 aromatic carbocycles. The van der Waals surface area contributed by atoms with Crippen molar-refractivity contribution < 1.29 is 0 Å². The average molecular weight is 293 g/mol. The molecule has 1 N–H and O–H groups in total. The molecule has 1 saturated carbocycles. The largest absolute Gasteiger partial charge is 0.370 e. The summed E-state index contributed by atoms with van der Waals surface area (Å²) >= 11 is 6.50. The molecule has 1 aromatic rings. The van der Waals surface area contributed by atoms with E-state index in [1.54, 1.807) is 0 Å². The van der Waals surface area contributed by atoms with Crippen molar-refractivity contribution in [2.24, 2.45) is 11.8 Å². The van der Waals surface area contributed by atoms with Crippen molar-refractivity contribution in [2.45, 2.75) is 38.6 Å². The quantitative estimate of drug-likeness (QED) is 0.903. The lowest BCUT2D eigenvalue weighted by Crippen LogP contribution is -2.41. The Morgan fingerprint density at radius 3 is 2.75 bits per heavy atom. The van der Waals surface area contributed by atoms with Gasteiger partial charge in [-0.1, -0.05) is 36.9 Å². The average Bonchev–Trinajstić information content (AvgIpc) is 2.47. The summed E-state index contributed by atoms with van der Waals surface area (Å²) in [6, 6.07) is 6.52. The second-order valence-corrected chi connectivity index (χ2v) is 6.76. The Labute approximate surface area is 127 Å². The fraction of sp³-hybridized carbons (Fsp3) is 0.647. The minimum absolute atomic E-state index is 0.880. The van der Waals surface area contributed by atoms with Gasteiger partial charge in [0, 0.05) is 19.6 Å². The van der Waals surface area contributed by atoms with E-state index >= 15 is 0 Å². The lowest BCUT2D eigenvalue weighted by Gasteiger charge is -2.42. The molecule has 3 rings (SSSR count). The second kappa shape index (κ2) is 6.36. The van der Waals surface area contributed by atoms with Gasteiger partial charge in [0.15, 0.2) is 0 Å². The number of nitrogens with one attached hydrogen (secondary N) is 1. The van der Waals surface area contributed by atoms with E-state index < -0.39 is 0 Å². The van der Waals surface area contributed by atoms with Crippen LogP contribution in [0.2, 0.25) is 5.02 Å². The highest BCUT2D eigenvalue weighted by molar-refractivity contribution is 6.33. The van der Waals surface area contributed by atoms with Crippen LogP contribution in [0, 0.1) is 11.8 Å². The highest BCUT2D eigenvalue weighted by Gasteiger charge is 2.31. The third kappa shape index (κ3) is 2.96. The fourth-order valence-electron chi connectivity index (χ4n) is 3.94. The summed E-state index contributed by atoms with van der Waals surface area (Å²) in [5, 5.41) is 4.08. The van der Waals surface area contributed by atoms with Gasteiger partial charge in [0.05, 0.1) is 10.7 Å². The monoisotopic (exact) mass is 292 g/mol. The normalized spacial score (nSPS) is 26.4. The number of rotatable bonds is 3. The molecular weight excluding hydrogens is 268 g/mol. The van der Waals surface area contributed by atoms with Crippen molar-refractivity contribution in [2.75, 3.05) is 25.0 Å². The topological polar surface area (TPSA) is 15.3 Å². The Balaban J connectivity index is 1.72. The third-order valence-electron chi connectivity index (χ3n) is 5.02. The number of nitrogens with zero attached hydrogens (tertiary/aromatic N) is 1. The summed E-state index contributed by atoms with van der Waals surface area (Å²) in [7, 11) is 1.97. The second-order valence-electron chi connectivity index (χ2n) is 6.36. The Bertz CT molecular complexity index is 460. The minimum Gasteiger partial charge on any atom is -0.370 e. The van der Waals surface area contributed by atoms with E-state index in [2.05, 4.69) is 28.4 Å². The standard InChI is InChI=1S/C17H25ClN2/c1-19-11-13-6-7-17(16(18)10-13)20-9-8-14-4-2-3-5-15(14)12-20/h6-7,10,14-15,19H,2-5,8-9,11-12H2,1H3. The molecule has 2 fully saturated rings. The van der Waals surface area contributed by atoms with Gasteiger partial charge in [0.2, 0.25) is 0 Å². The van der Waals surface area contributed by atoms with E-state index in [9.17, 15) is 0 Å².